The average molecular weight is 513 g/mol. The van der Waals surface area contributed by atoms with Gasteiger partial charge >= 0.3 is 0 Å². The fourth-order valence-corrected chi connectivity index (χ4v) is 5.23. The molecule has 1 aliphatic rings. The van der Waals surface area contributed by atoms with E-state index in [1.807, 2.05) is 24.3 Å². The van der Waals surface area contributed by atoms with Crippen LogP contribution < -0.4 is 16.2 Å². The molecule has 4 N–H and O–H groups in total. The van der Waals surface area contributed by atoms with Gasteiger partial charge in [-0.2, -0.15) is 0 Å². The van der Waals surface area contributed by atoms with Crippen molar-refractivity contribution < 1.29 is 9.13 Å². The molecule has 2 aromatic heterocycles. The molecule has 0 aliphatic carbocycles. The minimum absolute atomic E-state index is 0.0639. The molecule has 1 atom stereocenters. The predicted octanol–water partition coefficient (Wildman–Crippen LogP) is 4.13. The van der Waals surface area contributed by atoms with Crippen molar-refractivity contribution in [1.82, 2.24) is 19.9 Å². The van der Waals surface area contributed by atoms with Crippen molar-refractivity contribution in [1.29, 1.82) is 0 Å². The van der Waals surface area contributed by atoms with Crippen molar-refractivity contribution in [2.24, 2.45) is 0 Å². The van der Waals surface area contributed by atoms with Crippen LogP contribution in [0.4, 0.5) is 15.8 Å². The number of nitrogen functional groups attached to an aromatic ring is 1. The second-order valence-corrected chi connectivity index (χ2v) is 9.76. The van der Waals surface area contributed by atoms with Gasteiger partial charge in [0.2, 0.25) is 0 Å². The molecule has 8 nitrogen and oxygen atoms in total. The van der Waals surface area contributed by atoms with Gasteiger partial charge in [-0.1, -0.05) is 36.4 Å². The van der Waals surface area contributed by atoms with Gasteiger partial charge in [0.25, 0.3) is 5.56 Å². The van der Waals surface area contributed by atoms with Gasteiger partial charge in [0.05, 0.1) is 46.9 Å². The standard InChI is InChI=1S/C29H29FN6O2/c1-35(16-20-17-38-13-12-36(20)15-18-6-3-2-4-7-18)19-10-11-22-24(14-19)33-28(32-22)26-27(31)25-21(30)8-5-9-23(25)34-29(26)37/h2-11,14,20H,12-13,15-17H2,1H3,(H,32,33)(H3,31,34,37). The first-order valence-electron chi connectivity index (χ1n) is 12.6. The molecule has 3 heterocycles. The summed E-state index contributed by atoms with van der Waals surface area (Å²) < 4.78 is 20.3. The summed E-state index contributed by atoms with van der Waals surface area (Å²) in [7, 11) is 2.06. The van der Waals surface area contributed by atoms with Crippen LogP contribution in [0.3, 0.4) is 0 Å². The number of halogens is 1. The van der Waals surface area contributed by atoms with Gasteiger partial charge in [-0.3, -0.25) is 9.69 Å². The fraction of sp³-hybridized carbons (Fsp3) is 0.241. The molecule has 1 fully saturated rings. The predicted molar refractivity (Wildman–Crippen MR) is 149 cm³/mol. The third-order valence-corrected chi connectivity index (χ3v) is 7.23. The maximum absolute atomic E-state index is 14.5. The van der Waals surface area contributed by atoms with E-state index < -0.39 is 11.4 Å². The largest absolute Gasteiger partial charge is 0.397 e. The first-order valence-corrected chi connectivity index (χ1v) is 12.6. The minimum Gasteiger partial charge on any atom is -0.397 e. The lowest BCUT2D eigenvalue weighted by molar-refractivity contribution is -0.00826. The number of likely N-dealkylation sites (N-methyl/N-ethyl adjacent to an activating group) is 1. The van der Waals surface area contributed by atoms with Crippen LogP contribution in [0.5, 0.6) is 0 Å². The van der Waals surface area contributed by atoms with Crippen LogP contribution in [0.2, 0.25) is 0 Å². The third-order valence-electron chi connectivity index (χ3n) is 7.23. The quantitative estimate of drug-likeness (QED) is 0.316. The second kappa shape index (κ2) is 9.92. The molecule has 0 saturated carbocycles. The molecule has 194 valence electrons. The van der Waals surface area contributed by atoms with E-state index in [4.69, 9.17) is 10.5 Å². The second-order valence-electron chi connectivity index (χ2n) is 9.76. The van der Waals surface area contributed by atoms with Crippen molar-refractivity contribution in [2.75, 3.05) is 44.0 Å². The number of nitrogens with zero attached hydrogens (tertiary/aromatic N) is 3. The SMILES string of the molecule is CN(CC1COCCN1Cc1ccccc1)c1ccc2nc(-c3c(N)c4c(F)cccc4[nH]c3=O)[nH]c2c1. The number of imidazole rings is 1. The Labute approximate surface area is 218 Å². The number of rotatable bonds is 6. The van der Waals surface area contributed by atoms with Crippen LogP contribution in [-0.4, -0.2) is 59.2 Å². The number of hydrogen-bond acceptors (Lipinski definition) is 6. The normalized spacial score (nSPS) is 16.3. The zero-order valence-corrected chi connectivity index (χ0v) is 21.1. The lowest BCUT2D eigenvalue weighted by Crippen LogP contribution is -2.50. The number of morpholine rings is 1. The van der Waals surface area contributed by atoms with Gasteiger partial charge in [-0.15, -0.1) is 0 Å². The van der Waals surface area contributed by atoms with Crippen molar-refractivity contribution in [3.05, 3.63) is 88.5 Å². The van der Waals surface area contributed by atoms with E-state index in [0.717, 1.165) is 37.4 Å². The Morgan fingerprint density at radius 1 is 1.11 bits per heavy atom. The van der Waals surface area contributed by atoms with E-state index >= 15 is 0 Å². The molecule has 1 saturated heterocycles. The number of fused-ring (bicyclic) bond motifs is 2. The lowest BCUT2D eigenvalue weighted by atomic mass is 10.1. The molecular weight excluding hydrogens is 483 g/mol. The molecule has 3 aromatic carbocycles. The number of anilines is 2. The van der Waals surface area contributed by atoms with E-state index in [1.165, 1.54) is 17.7 Å². The molecule has 0 bridgehead atoms. The highest BCUT2D eigenvalue weighted by Gasteiger charge is 2.25. The lowest BCUT2D eigenvalue weighted by Gasteiger charge is -2.38. The number of hydrogen-bond donors (Lipinski definition) is 3. The maximum Gasteiger partial charge on any atom is 0.261 e. The summed E-state index contributed by atoms with van der Waals surface area (Å²) in [5.41, 5.74) is 10.1. The number of H-pyrrole nitrogens is 2. The molecule has 1 aliphatic heterocycles. The molecule has 0 amide bonds. The number of aromatic nitrogens is 3. The van der Waals surface area contributed by atoms with E-state index in [9.17, 15) is 9.18 Å². The van der Waals surface area contributed by atoms with Crippen LogP contribution in [0.15, 0.2) is 71.5 Å². The molecule has 6 rings (SSSR count). The van der Waals surface area contributed by atoms with Crippen LogP contribution in [0, 0.1) is 5.82 Å². The molecule has 5 aromatic rings. The van der Waals surface area contributed by atoms with E-state index in [0.29, 0.717) is 23.5 Å². The van der Waals surface area contributed by atoms with Crippen LogP contribution in [-0.2, 0) is 11.3 Å². The molecule has 1 unspecified atom stereocenters. The zero-order chi connectivity index (χ0) is 26.2. The maximum atomic E-state index is 14.5. The average Bonchev–Trinajstić information content (AvgIpc) is 3.33. The number of pyridine rings is 1. The number of nitrogens with two attached hydrogens (primary N) is 1. The summed E-state index contributed by atoms with van der Waals surface area (Å²) in [6, 6.07) is 21.1. The van der Waals surface area contributed by atoms with Gasteiger partial charge in [-0.05, 0) is 35.9 Å². The summed E-state index contributed by atoms with van der Waals surface area (Å²) in [6.45, 7) is 3.97. The molecule has 0 radical (unpaired) electrons. The Balaban J connectivity index is 1.27. The minimum atomic E-state index is -0.495. The van der Waals surface area contributed by atoms with Crippen molar-refractivity contribution in [3.63, 3.8) is 0 Å². The van der Waals surface area contributed by atoms with Crippen LogP contribution >= 0.6 is 0 Å². The number of benzene rings is 3. The first-order chi connectivity index (χ1) is 18.5. The van der Waals surface area contributed by atoms with Crippen molar-refractivity contribution >= 4 is 33.3 Å². The Morgan fingerprint density at radius 3 is 2.79 bits per heavy atom. The highest BCUT2D eigenvalue weighted by atomic mass is 19.1. The topological polar surface area (TPSA) is 103 Å². The Kier molecular flexibility index (Phi) is 6.30. The van der Waals surface area contributed by atoms with E-state index in [1.54, 1.807) is 6.07 Å². The third kappa shape index (κ3) is 4.51. The Hall–Kier alpha value is -4.21. The molecule has 38 heavy (non-hydrogen) atoms. The van der Waals surface area contributed by atoms with Gasteiger partial charge in [0.15, 0.2) is 0 Å². The number of nitrogens with one attached hydrogen (secondary N) is 2. The van der Waals surface area contributed by atoms with Crippen LogP contribution in [0.1, 0.15) is 5.56 Å². The summed E-state index contributed by atoms with van der Waals surface area (Å²) in [5.74, 6) is -0.191. The van der Waals surface area contributed by atoms with E-state index in [2.05, 4.69) is 56.1 Å². The summed E-state index contributed by atoms with van der Waals surface area (Å²) in [4.78, 5) is 28.1. The smallest absolute Gasteiger partial charge is 0.261 e. The Bertz CT molecular complexity index is 1670. The number of ether oxygens (including phenoxy) is 1. The highest BCUT2D eigenvalue weighted by Crippen LogP contribution is 2.31. The molecular formula is C29H29FN6O2. The van der Waals surface area contributed by atoms with Crippen molar-refractivity contribution in [3.8, 4) is 11.4 Å². The zero-order valence-electron chi connectivity index (χ0n) is 21.1. The van der Waals surface area contributed by atoms with E-state index in [-0.39, 0.29) is 22.7 Å². The van der Waals surface area contributed by atoms with Crippen LogP contribution in [0.25, 0.3) is 33.3 Å². The van der Waals surface area contributed by atoms with Gasteiger partial charge < -0.3 is 25.3 Å². The highest BCUT2D eigenvalue weighted by molar-refractivity contribution is 5.98. The molecule has 9 heteroatoms. The summed E-state index contributed by atoms with van der Waals surface area (Å²) in [6.07, 6.45) is 0. The van der Waals surface area contributed by atoms with Crippen molar-refractivity contribution in [2.45, 2.75) is 12.6 Å². The Morgan fingerprint density at radius 2 is 1.95 bits per heavy atom. The number of aromatic amines is 2. The summed E-state index contributed by atoms with van der Waals surface area (Å²) >= 11 is 0. The van der Waals surface area contributed by atoms with Gasteiger partial charge in [0, 0.05) is 32.4 Å². The fourth-order valence-electron chi connectivity index (χ4n) is 5.23. The molecule has 0 spiro atoms. The monoisotopic (exact) mass is 512 g/mol. The first kappa shape index (κ1) is 24.1. The van der Waals surface area contributed by atoms with Gasteiger partial charge in [-0.25, -0.2) is 9.37 Å². The summed E-state index contributed by atoms with van der Waals surface area (Å²) in [5, 5.41) is 0.178. The van der Waals surface area contributed by atoms with Gasteiger partial charge in [0.1, 0.15) is 17.2 Å².